The van der Waals surface area contributed by atoms with E-state index in [0.717, 1.165) is 14.7 Å². The Kier molecular flexibility index (Phi) is 8.12. The maximum atomic E-state index is 12.1. The quantitative estimate of drug-likeness (QED) is 0.563. The van der Waals surface area contributed by atoms with Crippen molar-refractivity contribution in [2.45, 2.75) is 12.8 Å². The van der Waals surface area contributed by atoms with Gasteiger partial charge in [0.1, 0.15) is 5.75 Å². The van der Waals surface area contributed by atoms with Crippen LogP contribution in [0.4, 0.5) is 5.69 Å². The highest BCUT2D eigenvalue weighted by Crippen LogP contribution is 2.21. The Labute approximate surface area is 170 Å². The monoisotopic (exact) mass is 482 g/mol. The highest BCUT2D eigenvalue weighted by atomic mass is 79.9. The Balaban J connectivity index is 1.70. The third kappa shape index (κ3) is 6.80. The highest BCUT2D eigenvalue weighted by molar-refractivity contribution is 9.10. The van der Waals surface area contributed by atoms with Crippen LogP contribution in [0.5, 0.6) is 5.75 Å². The number of nitrogens with zero attached hydrogens (tertiary/aromatic N) is 1. The summed E-state index contributed by atoms with van der Waals surface area (Å²) in [6, 6.07) is 14.9. The molecule has 2 rings (SSSR count). The molecule has 0 fully saturated rings. The molecule has 0 aliphatic carbocycles. The predicted octanol–water partition coefficient (Wildman–Crippen LogP) is 4.47. The number of para-hydroxylation sites is 1. The van der Waals surface area contributed by atoms with Crippen LogP contribution in [0, 0.1) is 0 Å². The van der Waals surface area contributed by atoms with Crippen molar-refractivity contribution in [1.29, 1.82) is 0 Å². The van der Waals surface area contributed by atoms with E-state index in [1.165, 1.54) is 4.90 Å². The van der Waals surface area contributed by atoms with Crippen molar-refractivity contribution in [2.24, 2.45) is 0 Å². The van der Waals surface area contributed by atoms with Crippen LogP contribution in [0.15, 0.2) is 57.5 Å². The smallest absolute Gasteiger partial charge is 0.244 e. The van der Waals surface area contributed by atoms with E-state index in [-0.39, 0.29) is 18.4 Å². The summed E-state index contributed by atoms with van der Waals surface area (Å²) in [6.45, 7) is 0.450. The van der Waals surface area contributed by atoms with E-state index in [2.05, 4.69) is 37.2 Å². The lowest BCUT2D eigenvalue weighted by Crippen LogP contribution is -2.35. The van der Waals surface area contributed by atoms with Gasteiger partial charge in [0, 0.05) is 22.4 Å². The number of ether oxygens (including phenoxy) is 1. The van der Waals surface area contributed by atoms with E-state index in [9.17, 15) is 9.59 Å². The van der Waals surface area contributed by atoms with Crippen molar-refractivity contribution in [3.8, 4) is 5.75 Å². The molecule has 2 amide bonds. The zero-order valence-electron chi connectivity index (χ0n) is 14.4. The van der Waals surface area contributed by atoms with Gasteiger partial charge in [-0.05, 0) is 52.7 Å². The molecule has 0 radical (unpaired) electrons. The molecule has 0 spiro atoms. The topological polar surface area (TPSA) is 58.6 Å². The number of carbonyl (C=O) groups is 2. The fraction of sp³-hybridized carbons (Fsp3) is 0.263. The third-order valence-corrected chi connectivity index (χ3v) is 4.74. The van der Waals surface area contributed by atoms with Crippen LogP contribution in [0.2, 0.25) is 0 Å². The van der Waals surface area contributed by atoms with E-state index in [4.69, 9.17) is 4.74 Å². The second kappa shape index (κ2) is 10.3. The average Bonchev–Trinajstić information content (AvgIpc) is 2.60. The Morgan fingerprint density at radius 1 is 1.12 bits per heavy atom. The van der Waals surface area contributed by atoms with Gasteiger partial charge in [-0.15, -0.1) is 0 Å². The molecule has 0 saturated carbocycles. The number of carbonyl (C=O) groups excluding carboxylic acids is 2. The van der Waals surface area contributed by atoms with Gasteiger partial charge in [0.25, 0.3) is 0 Å². The molecular formula is C19H20Br2N2O3. The molecule has 0 heterocycles. The summed E-state index contributed by atoms with van der Waals surface area (Å²) in [4.78, 5) is 25.6. The summed E-state index contributed by atoms with van der Waals surface area (Å²) in [6.07, 6.45) is 0.911. The van der Waals surface area contributed by atoms with Crippen LogP contribution in [0.3, 0.4) is 0 Å². The second-order valence-corrected chi connectivity index (χ2v) is 7.46. The SMILES string of the molecule is CN(CC(=O)Nc1ccccc1Br)C(=O)CCCOc1cccc(Br)c1. The van der Waals surface area contributed by atoms with Gasteiger partial charge in [-0.1, -0.05) is 34.1 Å². The Morgan fingerprint density at radius 3 is 2.62 bits per heavy atom. The second-order valence-electron chi connectivity index (χ2n) is 5.69. The summed E-state index contributed by atoms with van der Waals surface area (Å²) in [5.74, 6) is 0.427. The maximum absolute atomic E-state index is 12.1. The van der Waals surface area contributed by atoms with Crippen LogP contribution < -0.4 is 10.1 Å². The van der Waals surface area contributed by atoms with Crippen LogP contribution in [0.25, 0.3) is 0 Å². The van der Waals surface area contributed by atoms with Gasteiger partial charge >= 0.3 is 0 Å². The summed E-state index contributed by atoms with van der Waals surface area (Å²) in [5.41, 5.74) is 0.681. The molecule has 0 aliphatic rings. The minimum atomic E-state index is -0.238. The minimum absolute atomic E-state index is 0.00660. The summed E-state index contributed by atoms with van der Waals surface area (Å²) in [7, 11) is 1.62. The molecule has 0 bridgehead atoms. The van der Waals surface area contributed by atoms with E-state index in [0.29, 0.717) is 25.1 Å². The molecule has 0 aromatic heterocycles. The molecule has 0 aliphatic heterocycles. The lowest BCUT2D eigenvalue weighted by Gasteiger charge is -2.17. The van der Waals surface area contributed by atoms with Crippen LogP contribution in [-0.2, 0) is 9.59 Å². The zero-order chi connectivity index (χ0) is 18.9. The van der Waals surface area contributed by atoms with Crippen LogP contribution in [-0.4, -0.2) is 36.9 Å². The molecule has 7 heteroatoms. The average molecular weight is 484 g/mol. The molecule has 0 unspecified atom stereocenters. The number of rotatable bonds is 8. The first-order chi connectivity index (χ1) is 12.5. The first kappa shape index (κ1) is 20.5. The number of halogens is 2. The molecule has 1 N–H and O–H groups in total. The number of anilines is 1. The van der Waals surface area contributed by atoms with Gasteiger partial charge in [-0.25, -0.2) is 0 Å². The molecule has 0 saturated heterocycles. The van der Waals surface area contributed by atoms with Crippen LogP contribution in [0.1, 0.15) is 12.8 Å². The molecule has 0 atom stereocenters. The van der Waals surface area contributed by atoms with Gasteiger partial charge < -0.3 is 15.0 Å². The maximum Gasteiger partial charge on any atom is 0.244 e. The first-order valence-corrected chi connectivity index (χ1v) is 9.71. The van der Waals surface area contributed by atoms with Crippen LogP contribution >= 0.6 is 31.9 Å². The number of likely N-dealkylation sites (N-methyl/N-ethyl adjacent to an activating group) is 1. The van der Waals surface area contributed by atoms with E-state index >= 15 is 0 Å². The summed E-state index contributed by atoms with van der Waals surface area (Å²) >= 11 is 6.76. The number of nitrogens with one attached hydrogen (secondary N) is 1. The largest absolute Gasteiger partial charge is 0.494 e. The molecule has 2 aromatic carbocycles. The molecule has 5 nitrogen and oxygen atoms in total. The Bertz CT molecular complexity index is 768. The standard InChI is InChI=1S/C19H20Br2N2O3/c1-23(13-18(24)22-17-9-3-2-8-16(17)21)19(25)10-5-11-26-15-7-4-6-14(20)12-15/h2-4,6-9,12H,5,10-11,13H2,1H3,(H,22,24). The normalized spacial score (nSPS) is 10.3. The number of hydrogen-bond acceptors (Lipinski definition) is 3. The van der Waals surface area contributed by atoms with Crippen molar-refractivity contribution in [1.82, 2.24) is 4.90 Å². The van der Waals surface area contributed by atoms with E-state index < -0.39 is 0 Å². The summed E-state index contributed by atoms with van der Waals surface area (Å²) < 4.78 is 7.35. The number of amides is 2. The lowest BCUT2D eigenvalue weighted by molar-refractivity contribution is -0.133. The van der Waals surface area contributed by atoms with Gasteiger partial charge in [-0.3, -0.25) is 9.59 Å². The van der Waals surface area contributed by atoms with E-state index in [1.807, 2.05) is 42.5 Å². The fourth-order valence-electron chi connectivity index (χ4n) is 2.22. The summed E-state index contributed by atoms with van der Waals surface area (Å²) in [5, 5.41) is 2.78. The number of benzene rings is 2. The Morgan fingerprint density at radius 2 is 1.88 bits per heavy atom. The minimum Gasteiger partial charge on any atom is -0.494 e. The predicted molar refractivity (Wildman–Crippen MR) is 109 cm³/mol. The van der Waals surface area contributed by atoms with Gasteiger partial charge in [0.2, 0.25) is 11.8 Å². The van der Waals surface area contributed by atoms with E-state index in [1.54, 1.807) is 13.1 Å². The molecule has 26 heavy (non-hydrogen) atoms. The van der Waals surface area contributed by atoms with Crippen molar-refractivity contribution in [2.75, 3.05) is 25.5 Å². The molecule has 2 aromatic rings. The van der Waals surface area contributed by atoms with Crippen molar-refractivity contribution in [3.63, 3.8) is 0 Å². The first-order valence-electron chi connectivity index (χ1n) is 8.12. The van der Waals surface area contributed by atoms with Gasteiger partial charge in [-0.2, -0.15) is 0 Å². The van der Waals surface area contributed by atoms with Crippen molar-refractivity contribution < 1.29 is 14.3 Å². The Hall–Kier alpha value is -1.86. The molecular weight excluding hydrogens is 464 g/mol. The lowest BCUT2D eigenvalue weighted by atomic mass is 10.3. The number of hydrogen-bond donors (Lipinski definition) is 1. The fourth-order valence-corrected chi connectivity index (χ4v) is 2.98. The zero-order valence-corrected chi connectivity index (χ0v) is 17.5. The third-order valence-electron chi connectivity index (χ3n) is 3.55. The molecule has 138 valence electrons. The highest BCUT2D eigenvalue weighted by Gasteiger charge is 2.13. The van der Waals surface area contributed by atoms with Crippen molar-refractivity contribution >= 4 is 49.4 Å². The van der Waals surface area contributed by atoms with Gasteiger partial charge in [0.05, 0.1) is 18.8 Å². The van der Waals surface area contributed by atoms with Gasteiger partial charge in [0.15, 0.2) is 0 Å². The van der Waals surface area contributed by atoms with Crippen molar-refractivity contribution in [3.05, 3.63) is 57.5 Å².